The molecule has 0 heterocycles. The number of methoxy groups -OCH3 is 1. The number of hydrogen-bond acceptors (Lipinski definition) is 3. The number of aryl methyl sites for hydroxylation is 1. The number of nitrogens with one attached hydrogen (secondary N) is 1. The molecule has 0 saturated carbocycles. The molecule has 1 aromatic rings. The van der Waals surface area contributed by atoms with E-state index in [1.807, 2.05) is 24.3 Å². The third-order valence-electron chi connectivity index (χ3n) is 3.94. The third-order valence-corrected chi connectivity index (χ3v) is 3.94. The molecule has 1 amide bonds. The van der Waals surface area contributed by atoms with Crippen LogP contribution in [0.4, 0.5) is 0 Å². The standard InChI is InChI=1S/C19H29NO3/c1-4-5-6-7-8-9-10-16-11-13-17(14-12-16)18(21)20-15(2)19(22)23-3/h11-15H,4-10H2,1-3H3,(H,20,21). The first-order valence-electron chi connectivity index (χ1n) is 8.56. The van der Waals surface area contributed by atoms with Crippen LogP contribution in [0.15, 0.2) is 24.3 Å². The maximum Gasteiger partial charge on any atom is 0.328 e. The van der Waals surface area contributed by atoms with Crippen molar-refractivity contribution in [1.29, 1.82) is 0 Å². The average molecular weight is 319 g/mol. The van der Waals surface area contributed by atoms with E-state index in [9.17, 15) is 9.59 Å². The molecule has 0 aliphatic heterocycles. The summed E-state index contributed by atoms with van der Waals surface area (Å²) < 4.78 is 4.59. The summed E-state index contributed by atoms with van der Waals surface area (Å²) in [5.74, 6) is -0.702. The molecule has 0 aliphatic carbocycles. The van der Waals surface area contributed by atoms with Crippen LogP contribution in [-0.2, 0) is 16.0 Å². The lowest BCUT2D eigenvalue weighted by molar-refractivity contribution is -0.142. The topological polar surface area (TPSA) is 55.4 Å². The fourth-order valence-corrected chi connectivity index (χ4v) is 2.45. The highest BCUT2D eigenvalue weighted by molar-refractivity contribution is 5.96. The van der Waals surface area contributed by atoms with Gasteiger partial charge in [0.1, 0.15) is 6.04 Å². The van der Waals surface area contributed by atoms with Crippen LogP contribution in [0, 0.1) is 0 Å². The van der Waals surface area contributed by atoms with E-state index in [1.165, 1.54) is 51.2 Å². The molecular formula is C19H29NO3. The second-order valence-electron chi connectivity index (χ2n) is 5.93. The van der Waals surface area contributed by atoms with Crippen LogP contribution < -0.4 is 5.32 Å². The number of carbonyl (C=O) groups is 2. The second kappa shape index (κ2) is 10.8. The van der Waals surface area contributed by atoms with E-state index < -0.39 is 12.0 Å². The van der Waals surface area contributed by atoms with Crippen molar-refractivity contribution in [2.45, 2.75) is 64.8 Å². The summed E-state index contributed by atoms with van der Waals surface area (Å²) in [5, 5.41) is 2.62. The van der Waals surface area contributed by atoms with Crippen LogP contribution in [0.25, 0.3) is 0 Å². The smallest absolute Gasteiger partial charge is 0.328 e. The zero-order valence-corrected chi connectivity index (χ0v) is 14.6. The highest BCUT2D eigenvalue weighted by Gasteiger charge is 2.16. The molecule has 1 unspecified atom stereocenters. The first kappa shape index (κ1) is 19.2. The Hall–Kier alpha value is -1.84. The molecular weight excluding hydrogens is 290 g/mol. The van der Waals surface area contributed by atoms with Crippen LogP contribution in [0.5, 0.6) is 0 Å². The Balaban J connectivity index is 2.37. The molecule has 0 aromatic heterocycles. The van der Waals surface area contributed by atoms with Gasteiger partial charge >= 0.3 is 5.97 Å². The van der Waals surface area contributed by atoms with Crippen molar-refractivity contribution in [2.24, 2.45) is 0 Å². The number of unbranched alkanes of at least 4 members (excludes halogenated alkanes) is 5. The molecule has 4 heteroatoms. The van der Waals surface area contributed by atoms with Gasteiger partial charge in [0, 0.05) is 5.56 Å². The molecule has 1 atom stereocenters. The summed E-state index contributed by atoms with van der Waals surface area (Å²) in [6.07, 6.45) is 8.74. The summed E-state index contributed by atoms with van der Waals surface area (Å²) >= 11 is 0. The summed E-state index contributed by atoms with van der Waals surface area (Å²) in [6.45, 7) is 3.83. The number of benzene rings is 1. The Morgan fingerprint density at radius 3 is 2.26 bits per heavy atom. The van der Waals surface area contributed by atoms with Gasteiger partial charge in [-0.3, -0.25) is 4.79 Å². The minimum absolute atomic E-state index is 0.256. The first-order valence-corrected chi connectivity index (χ1v) is 8.56. The highest BCUT2D eigenvalue weighted by Crippen LogP contribution is 2.11. The molecule has 0 aliphatic rings. The Morgan fingerprint density at radius 2 is 1.65 bits per heavy atom. The zero-order valence-electron chi connectivity index (χ0n) is 14.6. The van der Waals surface area contributed by atoms with Gasteiger partial charge in [0.25, 0.3) is 5.91 Å². The van der Waals surface area contributed by atoms with Crippen molar-refractivity contribution in [2.75, 3.05) is 7.11 Å². The van der Waals surface area contributed by atoms with Gasteiger partial charge < -0.3 is 10.1 Å². The molecule has 0 spiro atoms. The average Bonchev–Trinajstić information content (AvgIpc) is 2.57. The van der Waals surface area contributed by atoms with E-state index in [0.29, 0.717) is 5.56 Å². The zero-order chi connectivity index (χ0) is 17.1. The van der Waals surface area contributed by atoms with Gasteiger partial charge in [-0.2, -0.15) is 0 Å². The maximum atomic E-state index is 12.0. The van der Waals surface area contributed by atoms with Gasteiger partial charge in [0.05, 0.1) is 7.11 Å². The molecule has 23 heavy (non-hydrogen) atoms. The van der Waals surface area contributed by atoms with Crippen molar-refractivity contribution >= 4 is 11.9 Å². The van der Waals surface area contributed by atoms with Crippen LogP contribution in [0.2, 0.25) is 0 Å². The van der Waals surface area contributed by atoms with E-state index in [-0.39, 0.29) is 5.91 Å². The lowest BCUT2D eigenvalue weighted by Crippen LogP contribution is -2.39. The summed E-state index contributed by atoms with van der Waals surface area (Å²) in [5.41, 5.74) is 1.81. The van der Waals surface area contributed by atoms with Crippen molar-refractivity contribution in [3.8, 4) is 0 Å². The van der Waals surface area contributed by atoms with Crippen molar-refractivity contribution in [3.05, 3.63) is 35.4 Å². The summed E-state index contributed by atoms with van der Waals surface area (Å²) in [7, 11) is 1.31. The molecule has 128 valence electrons. The van der Waals surface area contributed by atoms with E-state index >= 15 is 0 Å². The number of amides is 1. The number of rotatable bonds is 10. The number of hydrogen-bond donors (Lipinski definition) is 1. The quantitative estimate of drug-likeness (QED) is 0.526. The largest absolute Gasteiger partial charge is 0.467 e. The fraction of sp³-hybridized carbons (Fsp3) is 0.579. The van der Waals surface area contributed by atoms with Gasteiger partial charge in [-0.15, -0.1) is 0 Å². The van der Waals surface area contributed by atoms with E-state index in [2.05, 4.69) is 17.0 Å². The fourth-order valence-electron chi connectivity index (χ4n) is 2.45. The van der Waals surface area contributed by atoms with Gasteiger partial charge in [-0.1, -0.05) is 51.2 Å². The van der Waals surface area contributed by atoms with E-state index in [1.54, 1.807) is 6.92 Å². The minimum Gasteiger partial charge on any atom is -0.467 e. The predicted octanol–water partition coefficient (Wildman–Crippen LogP) is 3.88. The molecule has 1 N–H and O–H groups in total. The SMILES string of the molecule is CCCCCCCCc1ccc(C(=O)NC(C)C(=O)OC)cc1. The molecule has 4 nitrogen and oxygen atoms in total. The van der Waals surface area contributed by atoms with Crippen molar-refractivity contribution in [3.63, 3.8) is 0 Å². The summed E-state index contributed by atoms with van der Waals surface area (Å²) in [4.78, 5) is 23.3. The van der Waals surface area contributed by atoms with Gasteiger partial charge in [-0.25, -0.2) is 4.79 Å². The minimum atomic E-state index is -0.643. The monoisotopic (exact) mass is 319 g/mol. The van der Waals surface area contributed by atoms with E-state index in [0.717, 1.165) is 6.42 Å². The molecule has 0 fully saturated rings. The van der Waals surface area contributed by atoms with Crippen molar-refractivity contribution in [1.82, 2.24) is 5.32 Å². The lowest BCUT2D eigenvalue weighted by Gasteiger charge is -2.11. The van der Waals surface area contributed by atoms with E-state index in [4.69, 9.17) is 0 Å². The Labute approximate surface area is 139 Å². The van der Waals surface area contributed by atoms with Gasteiger partial charge in [0.2, 0.25) is 0 Å². The van der Waals surface area contributed by atoms with Crippen LogP contribution in [0.3, 0.4) is 0 Å². The van der Waals surface area contributed by atoms with Gasteiger partial charge in [0.15, 0.2) is 0 Å². The van der Waals surface area contributed by atoms with Crippen LogP contribution in [-0.4, -0.2) is 25.0 Å². The normalized spacial score (nSPS) is 11.8. The molecule has 0 bridgehead atoms. The predicted molar refractivity (Wildman–Crippen MR) is 92.5 cm³/mol. The Bertz CT molecular complexity index is 482. The first-order chi connectivity index (χ1) is 11.1. The van der Waals surface area contributed by atoms with Crippen molar-refractivity contribution < 1.29 is 14.3 Å². The Kier molecular flexibility index (Phi) is 9.03. The number of esters is 1. The Morgan fingerprint density at radius 1 is 1.04 bits per heavy atom. The third kappa shape index (κ3) is 7.31. The van der Waals surface area contributed by atoms with Crippen LogP contribution in [0.1, 0.15) is 68.3 Å². The van der Waals surface area contributed by atoms with Gasteiger partial charge in [-0.05, 0) is 37.5 Å². The maximum absolute atomic E-state index is 12.0. The van der Waals surface area contributed by atoms with Crippen LogP contribution >= 0.6 is 0 Å². The molecule has 1 aromatic carbocycles. The number of carbonyl (C=O) groups excluding carboxylic acids is 2. The molecule has 0 radical (unpaired) electrons. The number of ether oxygens (including phenoxy) is 1. The highest BCUT2D eigenvalue weighted by atomic mass is 16.5. The molecule has 1 rings (SSSR count). The molecule has 0 saturated heterocycles. The summed E-state index contributed by atoms with van der Waals surface area (Å²) in [6, 6.07) is 6.96. The second-order valence-corrected chi connectivity index (χ2v) is 5.93. The lowest BCUT2D eigenvalue weighted by atomic mass is 10.0.